The molecule has 2 nitrogen and oxygen atoms in total. The lowest BCUT2D eigenvalue weighted by Gasteiger charge is -2.10. The molecule has 0 atom stereocenters. The topological polar surface area (TPSA) is 26.3 Å². The molecule has 5 heteroatoms. The van der Waals surface area contributed by atoms with E-state index in [-0.39, 0.29) is 5.57 Å². The number of ether oxygens (including phenoxy) is 1. The average molecular weight is 336 g/mol. The molecule has 0 spiro atoms. The van der Waals surface area contributed by atoms with Crippen molar-refractivity contribution in [2.75, 3.05) is 0 Å². The molecule has 0 aromatic carbocycles. The smallest absolute Gasteiger partial charge is 0.369 e. The zero-order chi connectivity index (χ0) is 17.6. The van der Waals surface area contributed by atoms with Gasteiger partial charge in [0.2, 0.25) is 0 Å². The monoisotopic (exact) mass is 336 g/mol. The highest BCUT2D eigenvalue weighted by molar-refractivity contribution is 5.88. The highest BCUT2D eigenvalue weighted by Gasteiger charge is 2.34. The van der Waals surface area contributed by atoms with Crippen LogP contribution >= 0.6 is 0 Å². The van der Waals surface area contributed by atoms with E-state index in [4.69, 9.17) is 0 Å². The highest BCUT2D eigenvalue weighted by Crippen LogP contribution is 2.21. The molecule has 0 aromatic rings. The molecule has 0 amide bonds. The predicted octanol–water partition coefficient (Wildman–Crippen LogP) is 6.70. The molecule has 0 aliphatic carbocycles. The number of carbonyl (C=O) groups excluding carboxylic acids is 1. The van der Waals surface area contributed by atoms with Crippen LogP contribution in [0.1, 0.15) is 90.9 Å². The zero-order valence-electron chi connectivity index (χ0n) is 14.5. The van der Waals surface area contributed by atoms with Crippen molar-refractivity contribution in [2.24, 2.45) is 0 Å². The summed E-state index contributed by atoms with van der Waals surface area (Å²) in [4.78, 5) is 11.4. The van der Waals surface area contributed by atoms with Gasteiger partial charge in [0.15, 0.2) is 0 Å². The van der Waals surface area contributed by atoms with Crippen molar-refractivity contribution in [1.29, 1.82) is 0 Å². The van der Waals surface area contributed by atoms with Gasteiger partial charge in [-0.15, -0.1) is 13.2 Å². The van der Waals surface area contributed by atoms with E-state index in [0.717, 1.165) is 25.7 Å². The van der Waals surface area contributed by atoms with Crippen LogP contribution < -0.4 is 0 Å². The maximum Gasteiger partial charge on any atom is 0.575 e. The van der Waals surface area contributed by atoms with Gasteiger partial charge >= 0.3 is 12.3 Å². The zero-order valence-corrected chi connectivity index (χ0v) is 14.5. The Morgan fingerprint density at radius 1 is 0.870 bits per heavy atom. The van der Waals surface area contributed by atoms with Crippen molar-refractivity contribution < 1.29 is 22.7 Å². The quantitative estimate of drug-likeness (QED) is 0.212. The van der Waals surface area contributed by atoms with Gasteiger partial charge in [0.1, 0.15) is 0 Å². The van der Waals surface area contributed by atoms with Gasteiger partial charge in [0.25, 0.3) is 0 Å². The molecule has 0 unspecified atom stereocenters. The number of halogens is 3. The molecule has 0 aromatic heterocycles. The van der Waals surface area contributed by atoms with E-state index in [0.29, 0.717) is 12.8 Å². The number of unbranched alkanes of at least 4 members (excludes halogenated alkanes) is 9. The van der Waals surface area contributed by atoms with Gasteiger partial charge in [0.05, 0.1) is 0 Å². The summed E-state index contributed by atoms with van der Waals surface area (Å²) < 4.78 is 39.7. The summed E-state index contributed by atoms with van der Waals surface area (Å²) >= 11 is 0. The fourth-order valence-corrected chi connectivity index (χ4v) is 2.51. The van der Waals surface area contributed by atoms with Gasteiger partial charge in [0, 0.05) is 5.57 Å². The van der Waals surface area contributed by atoms with Gasteiger partial charge < -0.3 is 4.74 Å². The number of hydrogen-bond donors (Lipinski definition) is 0. The Bertz CT molecular complexity index is 336. The normalized spacial score (nSPS) is 12.5. The standard InChI is InChI=1S/C18H31F3O2/c1-3-5-6-7-8-9-10-11-12-13-15-16(14-4-2)17(22)23-18(19,20)21/h14H,3-13,15H2,1-2H3. The summed E-state index contributed by atoms with van der Waals surface area (Å²) in [5.74, 6) is -1.25. The van der Waals surface area contributed by atoms with E-state index in [1.54, 1.807) is 6.92 Å². The summed E-state index contributed by atoms with van der Waals surface area (Å²) in [7, 11) is 0. The molecular weight excluding hydrogens is 305 g/mol. The first-order chi connectivity index (χ1) is 10.9. The molecule has 0 aliphatic heterocycles. The van der Waals surface area contributed by atoms with Crippen LogP contribution in [0, 0.1) is 0 Å². The molecule has 0 saturated carbocycles. The maximum absolute atomic E-state index is 12.1. The molecule has 136 valence electrons. The Labute approximate surface area is 138 Å². The van der Waals surface area contributed by atoms with E-state index in [1.807, 2.05) is 0 Å². The van der Waals surface area contributed by atoms with Crippen molar-refractivity contribution in [3.8, 4) is 0 Å². The minimum Gasteiger partial charge on any atom is -0.369 e. The fraction of sp³-hybridized carbons (Fsp3) is 0.833. The molecule has 23 heavy (non-hydrogen) atoms. The molecule has 0 heterocycles. The van der Waals surface area contributed by atoms with Crippen molar-refractivity contribution in [2.45, 2.75) is 97.3 Å². The van der Waals surface area contributed by atoms with E-state index in [1.165, 1.54) is 44.6 Å². The van der Waals surface area contributed by atoms with Crippen LogP contribution in [0.5, 0.6) is 0 Å². The Kier molecular flexibility index (Phi) is 12.9. The first-order valence-electron chi connectivity index (χ1n) is 8.89. The van der Waals surface area contributed by atoms with Crippen molar-refractivity contribution >= 4 is 5.97 Å². The van der Waals surface area contributed by atoms with E-state index < -0.39 is 12.3 Å². The largest absolute Gasteiger partial charge is 0.575 e. The lowest BCUT2D eigenvalue weighted by Crippen LogP contribution is -2.20. The van der Waals surface area contributed by atoms with Crippen molar-refractivity contribution in [3.05, 3.63) is 11.6 Å². The molecule has 0 radical (unpaired) electrons. The minimum absolute atomic E-state index is 0.143. The second-order valence-electron chi connectivity index (χ2n) is 5.90. The van der Waals surface area contributed by atoms with Gasteiger partial charge in [-0.25, -0.2) is 4.79 Å². The van der Waals surface area contributed by atoms with Crippen LogP contribution in [-0.2, 0) is 9.53 Å². The van der Waals surface area contributed by atoms with Crippen LogP contribution in [0.15, 0.2) is 11.6 Å². The highest BCUT2D eigenvalue weighted by atomic mass is 19.4. The lowest BCUT2D eigenvalue weighted by atomic mass is 10.0. The van der Waals surface area contributed by atoms with Crippen LogP contribution in [0.2, 0.25) is 0 Å². The second-order valence-corrected chi connectivity index (χ2v) is 5.90. The first kappa shape index (κ1) is 22.0. The molecule has 0 saturated heterocycles. The Balaban J connectivity index is 3.78. The van der Waals surface area contributed by atoms with Crippen LogP contribution in [-0.4, -0.2) is 12.3 Å². The number of alkyl halides is 3. The third-order valence-electron chi connectivity index (χ3n) is 3.72. The van der Waals surface area contributed by atoms with Crippen LogP contribution in [0.3, 0.4) is 0 Å². The second kappa shape index (κ2) is 13.4. The minimum atomic E-state index is -4.90. The summed E-state index contributed by atoms with van der Waals surface area (Å²) in [5.41, 5.74) is 0.143. The molecule has 0 rings (SSSR count). The van der Waals surface area contributed by atoms with Gasteiger partial charge in [-0.1, -0.05) is 77.7 Å². The molecule has 0 aliphatic rings. The number of hydrogen-bond acceptors (Lipinski definition) is 2. The summed E-state index contributed by atoms with van der Waals surface area (Å²) in [6.45, 7) is 3.99. The predicted molar refractivity (Wildman–Crippen MR) is 87.0 cm³/mol. The van der Waals surface area contributed by atoms with Crippen molar-refractivity contribution in [3.63, 3.8) is 0 Å². The SMILES string of the molecule is CCC=C(CCCCCCCCCCCC)C(=O)OC(F)(F)F. The molecule has 0 bridgehead atoms. The van der Waals surface area contributed by atoms with Crippen LogP contribution in [0.25, 0.3) is 0 Å². The van der Waals surface area contributed by atoms with Gasteiger partial charge in [-0.3, -0.25) is 0 Å². The van der Waals surface area contributed by atoms with E-state index >= 15 is 0 Å². The molecule has 0 N–H and O–H groups in total. The third kappa shape index (κ3) is 14.3. The maximum atomic E-state index is 12.1. The van der Waals surface area contributed by atoms with E-state index in [9.17, 15) is 18.0 Å². The fourth-order valence-electron chi connectivity index (χ4n) is 2.51. The number of rotatable bonds is 13. The van der Waals surface area contributed by atoms with Crippen molar-refractivity contribution in [1.82, 2.24) is 0 Å². The first-order valence-corrected chi connectivity index (χ1v) is 8.89. The number of allylic oxidation sites excluding steroid dienone is 1. The molecule has 0 fully saturated rings. The Morgan fingerprint density at radius 3 is 1.78 bits per heavy atom. The van der Waals surface area contributed by atoms with Gasteiger partial charge in [-0.2, -0.15) is 0 Å². The summed E-state index contributed by atoms with van der Waals surface area (Å²) in [6, 6.07) is 0. The molecular formula is C18H31F3O2. The van der Waals surface area contributed by atoms with Gasteiger partial charge in [-0.05, 0) is 19.3 Å². The van der Waals surface area contributed by atoms with E-state index in [2.05, 4.69) is 11.7 Å². The van der Waals surface area contributed by atoms with Crippen LogP contribution in [0.4, 0.5) is 13.2 Å². The summed E-state index contributed by atoms with van der Waals surface area (Å²) in [5, 5.41) is 0. The number of carbonyl (C=O) groups is 1. The Hall–Kier alpha value is -1.00. The average Bonchev–Trinajstić information content (AvgIpc) is 2.46. The third-order valence-corrected chi connectivity index (χ3v) is 3.72. The Morgan fingerprint density at radius 2 is 1.35 bits per heavy atom. The lowest BCUT2D eigenvalue weighted by molar-refractivity contribution is -0.303. The number of esters is 1. The summed E-state index contributed by atoms with van der Waals surface area (Å²) in [6.07, 6.45) is 9.06.